The normalized spacial score (nSPS) is 11.5. The maximum atomic E-state index is 5.93. The molecule has 0 amide bonds. The van der Waals surface area contributed by atoms with Gasteiger partial charge in [0.05, 0.1) is 13.2 Å². The summed E-state index contributed by atoms with van der Waals surface area (Å²) in [5, 5.41) is 0. The van der Waals surface area contributed by atoms with Crippen molar-refractivity contribution in [3.05, 3.63) is 60.2 Å². The van der Waals surface area contributed by atoms with Crippen molar-refractivity contribution >= 4 is 0 Å². The van der Waals surface area contributed by atoms with Gasteiger partial charge in [0.15, 0.2) is 24.8 Å². The second-order valence-electron chi connectivity index (χ2n) is 14.5. The Labute approximate surface area is 298 Å². The van der Waals surface area contributed by atoms with Crippen molar-refractivity contribution in [2.45, 2.75) is 207 Å². The number of hydrogen-bond donors (Lipinski definition) is 0. The molecule has 0 aliphatic carbocycles. The van der Waals surface area contributed by atoms with Crippen molar-refractivity contribution in [3.63, 3.8) is 0 Å². The first-order valence-corrected chi connectivity index (χ1v) is 20.9. The van der Waals surface area contributed by atoms with E-state index < -0.39 is 0 Å². The highest BCUT2D eigenvalue weighted by Crippen LogP contribution is 2.13. The smallest absolute Gasteiger partial charge is 0.169 e. The molecule has 0 spiro atoms. The summed E-state index contributed by atoms with van der Waals surface area (Å²) in [6, 6.07) is 8.86. The molecule has 48 heavy (non-hydrogen) atoms. The van der Waals surface area contributed by atoms with Gasteiger partial charge in [-0.15, -0.1) is 0 Å². The fourth-order valence-electron chi connectivity index (χ4n) is 6.53. The van der Waals surface area contributed by atoms with Crippen LogP contribution in [0.1, 0.15) is 192 Å². The molecule has 0 unspecified atom stereocenters. The zero-order chi connectivity index (χ0) is 34.0. The molecule has 4 nitrogen and oxygen atoms in total. The van der Waals surface area contributed by atoms with Gasteiger partial charge in [-0.25, -0.2) is 9.13 Å². The van der Waals surface area contributed by atoms with E-state index in [9.17, 15) is 0 Å². The highest BCUT2D eigenvalue weighted by atomic mass is 16.5. The number of pyridine rings is 2. The van der Waals surface area contributed by atoms with E-state index in [1.54, 1.807) is 0 Å². The molecule has 2 rings (SSSR count). The molecular weight excluding hydrogens is 588 g/mol. The predicted octanol–water partition coefficient (Wildman–Crippen LogP) is 12.2. The van der Waals surface area contributed by atoms with E-state index in [-0.39, 0.29) is 0 Å². The van der Waals surface area contributed by atoms with Gasteiger partial charge in [0.1, 0.15) is 13.1 Å². The van der Waals surface area contributed by atoms with E-state index in [2.05, 4.69) is 72.0 Å². The Hall–Kier alpha value is -1.78. The highest BCUT2D eigenvalue weighted by Gasteiger charge is 2.04. The van der Waals surface area contributed by atoms with Gasteiger partial charge >= 0.3 is 0 Å². The standard InChI is InChI=1S/C44H78N2O2/c1-3-5-7-9-11-13-15-17-19-21-23-25-33-45-35-29-43(30-36-45)41-47-39-27-28-40-48-42-44-31-37-46(38-32-44)34-26-24-22-20-18-16-14-12-10-8-6-4-2/h29-32,35-38H,3-28,33-34,39-42H2,1-2H3/q+2. The van der Waals surface area contributed by atoms with Gasteiger partial charge < -0.3 is 9.47 Å². The Morgan fingerprint density at radius 3 is 0.917 bits per heavy atom. The largest absolute Gasteiger partial charge is 0.377 e. The molecule has 274 valence electrons. The number of ether oxygens (including phenoxy) is 2. The molecule has 0 bridgehead atoms. The van der Waals surface area contributed by atoms with Crippen molar-refractivity contribution in [2.24, 2.45) is 0 Å². The van der Waals surface area contributed by atoms with Crippen LogP contribution in [-0.2, 0) is 35.8 Å². The predicted molar refractivity (Wildman–Crippen MR) is 204 cm³/mol. The minimum atomic E-state index is 0.698. The molecule has 0 N–H and O–H groups in total. The Kier molecular flexibility index (Phi) is 28.6. The first kappa shape index (κ1) is 42.4. The summed E-state index contributed by atoms with van der Waals surface area (Å²) in [4.78, 5) is 0. The zero-order valence-electron chi connectivity index (χ0n) is 32.0. The summed E-state index contributed by atoms with van der Waals surface area (Å²) < 4.78 is 16.5. The van der Waals surface area contributed by atoms with E-state index in [1.807, 2.05) is 0 Å². The maximum Gasteiger partial charge on any atom is 0.169 e. The van der Waals surface area contributed by atoms with Crippen LogP contribution in [0.25, 0.3) is 0 Å². The lowest BCUT2D eigenvalue weighted by atomic mass is 10.1. The summed E-state index contributed by atoms with van der Waals surface area (Å²) in [5.41, 5.74) is 2.52. The number of nitrogens with zero attached hydrogens (tertiary/aromatic N) is 2. The topological polar surface area (TPSA) is 26.2 Å². The molecular formula is C44H78N2O2+2. The van der Waals surface area contributed by atoms with Crippen molar-refractivity contribution in [3.8, 4) is 0 Å². The van der Waals surface area contributed by atoms with Gasteiger partial charge in [0, 0.05) is 50.3 Å². The van der Waals surface area contributed by atoms with Crippen LogP contribution >= 0.6 is 0 Å². The van der Waals surface area contributed by atoms with Gasteiger partial charge in [0.2, 0.25) is 0 Å². The third-order valence-corrected chi connectivity index (χ3v) is 9.82. The number of aromatic nitrogens is 2. The van der Waals surface area contributed by atoms with Gasteiger partial charge in [-0.2, -0.15) is 0 Å². The van der Waals surface area contributed by atoms with E-state index in [0.29, 0.717) is 13.2 Å². The minimum absolute atomic E-state index is 0.698. The van der Waals surface area contributed by atoms with Crippen LogP contribution in [0.15, 0.2) is 49.1 Å². The molecule has 0 saturated heterocycles. The van der Waals surface area contributed by atoms with E-state index in [4.69, 9.17) is 9.47 Å². The summed E-state index contributed by atoms with van der Waals surface area (Å²) in [6.07, 6.45) is 44.6. The molecule has 2 aromatic rings. The monoisotopic (exact) mass is 667 g/mol. The average Bonchev–Trinajstić information content (AvgIpc) is 3.11. The number of hydrogen-bond acceptors (Lipinski definition) is 2. The van der Waals surface area contributed by atoms with Gasteiger partial charge in [-0.1, -0.05) is 142 Å². The van der Waals surface area contributed by atoms with Gasteiger partial charge in [-0.3, -0.25) is 0 Å². The number of rotatable bonds is 35. The summed E-state index contributed by atoms with van der Waals surface area (Å²) in [7, 11) is 0. The third-order valence-electron chi connectivity index (χ3n) is 9.82. The first-order valence-electron chi connectivity index (χ1n) is 20.9. The average molecular weight is 667 g/mol. The van der Waals surface area contributed by atoms with Crippen molar-refractivity contribution in [1.29, 1.82) is 0 Å². The van der Waals surface area contributed by atoms with Gasteiger partial charge in [-0.05, 0) is 36.8 Å². The summed E-state index contributed by atoms with van der Waals surface area (Å²) in [6.45, 7) is 9.82. The van der Waals surface area contributed by atoms with E-state index in [0.717, 1.165) is 39.1 Å². The second-order valence-corrected chi connectivity index (χ2v) is 14.5. The Morgan fingerprint density at radius 2 is 0.625 bits per heavy atom. The molecule has 0 atom stereocenters. The number of unbranched alkanes of at least 4 members (excludes halogenated alkanes) is 23. The molecule has 0 radical (unpaired) electrons. The summed E-state index contributed by atoms with van der Waals surface area (Å²) >= 11 is 0. The minimum Gasteiger partial charge on any atom is -0.377 e. The molecule has 2 aromatic heterocycles. The lowest BCUT2D eigenvalue weighted by Crippen LogP contribution is -2.32. The first-order chi connectivity index (χ1) is 23.8. The maximum absolute atomic E-state index is 5.93. The van der Waals surface area contributed by atoms with E-state index >= 15 is 0 Å². The molecule has 4 heteroatoms. The molecule has 0 aliphatic heterocycles. The van der Waals surface area contributed by atoms with Crippen LogP contribution in [0.4, 0.5) is 0 Å². The van der Waals surface area contributed by atoms with Crippen molar-refractivity contribution < 1.29 is 18.6 Å². The van der Waals surface area contributed by atoms with Crippen LogP contribution in [-0.4, -0.2) is 13.2 Å². The Balaban J connectivity index is 1.35. The van der Waals surface area contributed by atoms with E-state index in [1.165, 1.54) is 165 Å². The molecule has 0 saturated carbocycles. The molecule has 0 aromatic carbocycles. The van der Waals surface area contributed by atoms with Crippen LogP contribution in [0, 0.1) is 0 Å². The fraction of sp³-hybridized carbons (Fsp3) is 0.773. The second kappa shape index (κ2) is 32.4. The molecule has 0 fully saturated rings. The highest BCUT2D eigenvalue weighted by molar-refractivity contribution is 5.06. The molecule has 2 heterocycles. The van der Waals surface area contributed by atoms with Crippen LogP contribution in [0.2, 0.25) is 0 Å². The lowest BCUT2D eigenvalue weighted by molar-refractivity contribution is -0.697. The van der Waals surface area contributed by atoms with Crippen LogP contribution in [0.5, 0.6) is 0 Å². The Morgan fingerprint density at radius 1 is 0.354 bits per heavy atom. The van der Waals surface area contributed by atoms with Crippen molar-refractivity contribution in [1.82, 2.24) is 0 Å². The SMILES string of the molecule is CCCCCCCCCCCCCC[n+]1ccc(COCCCCOCc2cc[n+](CCCCCCCCCCCCCC)cc2)cc1. The van der Waals surface area contributed by atoms with Crippen LogP contribution < -0.4 is 9.13 Å². The third kappa shape index (κ3) is 25.2. The van der Waals surface area contributed by atoms with Gasteiger partial charge in [0.25, 0.3) is 0 Å². The summed E-state index contributed by atoms with van der Waals surface area (Å²) in [5.74, 6) is 0. The lowest BCUT2D eigenvalue weighted by Gasteiger charge is -2.06. The quantitative estimate of drug-likeness (QED) is 0.0540. The number of aryl methyl sites for hydroxylation is 2. The van der Waals surface area contributed by atoms with Crippen molar-refractivity contribution in [2.75, 3.05) is 13.2 Å². The Bertz CT molecular complexity index is 852. The molecule has 0 aliphatic rings. The zero-order valence-corrected chi connectivity index (χ0v) is 32.0. The van der Waals surface area contributed by atoms with Crippen LogP contribution in [0.3, 0.4) is 0 Å². The fourth-order valence-corrected chi connectivity index (χ4v) is 6.53.